The summed E-state index contributed by atoms with van der Waals surface area (Å²) in [7, 11) is 0. The van der Waals surface area contributed by atoms with E-state index in [0.717, 1.165) is 46.1 Å². The van der Waals surface area contributed by atoms with Gasteiger partial charge < -0.3 is 4.90 Å². The number of carbonyl (C=O) groups is 1. The van der Waals surface area contributed by atoms with Gasteiger partial charge in [-0.3, -0.25) is 9.69 Å². The number of carbonyl (C=O) groups excluding carboxylic acids is 1. The molecule has 0 aliphatic rings. The lowest BCUT2D eigenvalue weighted by Crippen LogP contribution is -2.39. The maximum atomic E-state index is 13.5. The highest BCUT2D eigenvalue weighted by Gasteiger charge is 2.23. The van der Waals surface area contributed by atoms with Gasteiger partial charge in [-0.05, 0) is 63.2 Å². The molecule has 4 nitrogen and oxygen atoms in total. The van der Waals surface area contributed by atoms with Crippen LogP contribution in [0.4, 0.5) is 5.13 Å². The molecule has 0 bridgehead atoms. The average Bonchev–Trinajstić information content (AvgIpc) is 3.07. The van der Waals surface area contributed by atoms with Crippen molar-refractivity contribution in [2.24, 2.45) is 0 Å². The van der Waals surface area contributed by atoms with Crippen molar-refractivity contribution < 1.29 is 4.79 Å². The molecule has 6 heteroatoms. The second-order valence-electron chi connectivity index (χ2n) is 7.27. The molecule has 1 aromatic heterocycles. The summed E-state index contributed by atoms with van der Waals surface area (Å²) in [5, 5.41) is 0.776. The fraction of sp³-hybridized carbons (Fsp3) is 0.391. The molecule has 0 N–H and O–H groups in total. The van der Waals surface area contributed by atoms with Crippen LogP contribution in [0.1, 0.15) is 40.9 Å². The van der Waals surface area contributed by atoms with Crippen molar-refractivity contribution in [1.82, 2.24) is 9.88 Å². The minimum Gasteiger partial charge on any atom is -0.302 e. The summed E-state index contributed by atoms with van der Waals surface area (Å²) >= 11 is 1.59. The van der Waals surface area contributed by atoms with Crippen molar-refractivity contribution >= 4 is 45.0 Å². The SMILES string of the molecule is CCN(CC)CCN(C(=O)c1ccc(C)cc1C)c1nc2ccc(C)cc2s1.Cl. The zero-order chi connectivity index (χ0) is 20.3. The molecular formula is C23H30ClN3OS. The van der Waals surface area contributed by atoms with E-state index in [1.807, 2.05) is 30.0 Å². The first-order valence-electron chi connectivity index (χ1n) is 9.91. The molecule has 0 atom stereocenters. The largest absolute Gasteiger partial charge is 0.302 e. The van der Waals surface area contributed by atoms with Gasteiger partial charge >= 0.3 is 0 Å². The lowest BCUT2D eigenvalue weighted by molar-refractivity contribution is 0.0983. The van der Waals surface area contributed by atoms with Crippen LogP contribution in [0.2, 0.25) is 0 Å². The summed E-state index contributed by atoms with van der Waals surface area (Å²) in [6.07, 6.45) is 0. The molecule has 0 radical (unpaired) electrons. The number of benzene rings is 2. The van der Waals surface area contributed by atoms with Crippen LogP contribution in [0.25, 0.3) is 10.2 Å². The molecule has 1 amide bonds. The maximum Gasteiger partial charge on any atom is 0.260 e. The normalized spacial score (nSPS) is 11.0. The molecule has 3 rings (SSSR count). The quantitative estimate of drug-likeness (QED) is 0.486. The summed E-state index contributed by atoms with van der Waals surface area (Å²) in [6, 6.07) is 12.3. The molecule has 0 saturated carbocycles. The van der Waals surface area contributed by atoms with Gasteiger partial charge in [-0.1, -0.05) is 48.9 Å². The summed E-state index contributed by atoms with van der Waals surface area (Å²) in [4.78, 5) is 22.5. The Kier molecular flexibility index (Phi) is 8.20. The van der Waals surface area contributed by atoms with Crippen LogP contribution in [0, 0.1) is 20.8 Å². The lowest BCUT2D eigenvalue weighted by Gasteiger charge is -2.25. The lowest BCUT2D eigenvalue weighted by atomic mass is 10.0. The number of likely N-dealkylation sites (N-methyl/N-ethyl adjacent to an activating group) is 1. The number of rotatable bonds is 7. The van der Waals surface area contributed by atoms with Crippen LogP contribution in [-0.4, -0.2) is 42.0 Å². The van der Waals surface area contributed by atoms with E-state index in [2.05, 4.69) is 50.8 Å². The van der Waals surface area contributed by atoms with Gasteiger partial charge in [0.2, 0.25) is 0 Å². The van der Waals surface area contributed by atoms with E-state index in [0.29, 0.717) is 6.54 Å². The van der Waals surface area contributed by atoms with Gasteiger partial charge in [-0.2, -0.15) is 0 Å². The Morgan fingerprint density at radius 3 is 2.28 bits per heavy atom. The molecule has 0 fully saturated rings. The van der Waals surface area contributed by atoms with Crippen molar-refractivity contribution in [3.63, 3.8) is 0 Å². The summed E-state index contributed by atoms with van der Waals surface area (Å²) in [6.45, 7) is 13.9. The monoisotopic (exact) mass is 431 g/mol. The molecule has 3 aromatic rings. The Bertz CT molecular complexity index is 981. The van der Waals surface area contributed by atoms with E-state index >= 15 is 0 Å². The predicted molar refractivity (Wildman–Crippen MR) is 127 cm³/mol. The van der Waals surface area contributed by atoms with Crippen LogP contribution in [0.3, 0.4) is 0 Å². The van der Waals surface area contributed by atoms with E-state index < -0.39 is 0 Å². The van der Waals surface area contributed by atoms with Gasteiger partial charge in [0.15, 0.2) is 5.13 Å². The molecular weight excluding hydrogens is 402 g/mol. The van der Waals surface area contributed by atoms with Gasteiger partial charge in [0.05, 0.1) is 10.2 Å². The van der Waals surface area contributed by atoms with Crippen molar-refractivity contribution in [3.8, 4) is 0 Å². The molecule has 0 aliphatic heterocycles. The van der Waals surface area contributed by atoms with Gasteiger partial charge in [-0.15, -0.1) is 12.4 Å². The highest BCUT2D eigenvalue weighted by Crippen LogP contribution is 2.30. The summed E-state index contributed by atoms with van der Waals surface area (Å²) in [5.74, 6) is 0.0282. The fourth-order valence-electron chi connectivity index (χ4n) is 3.40. The third-order valence-electron chi connectivity index (χ3n) is 5.16. The number of anilines is 1. The zero-order valence-corrected chi connectivity index (χ0v) is 19.5. The number of hydrogen-bond acceptors (Lipinski definition) is 4. The molecule has 0 saturated heterocycles. The second kappa shape index (κ2) is 10.2. The number of aryl methyl sites for hydroxylation is 3. The van der Waals surface area contributed by atoms with Gasteiger partial charge in [0.1, 0.15) is 0 Å². The van der Waals surface area contributed by atoms with Gasteiger partial charge in [0.25, 0.3) is 5.91 Å². The number of halogens is 1. The van der Waals surface area contributed by atoms with E-state index in [1.165, 1.54) is 11.1 Å². The van der Waals surface area contributed by atoms with Crippen molar-refractivity contribution in [2.45, 2.75) is 34.6 Å². The standard InChI is InChI=1S/C23H29N3OS.ClH/c1-6-25(7-2)12-13-26(22(27)19-10-8-16(3)14-18(19)5)23-24-20-11-9-17(4)15-21(20)28-23;/h8-11,14-15H,6-7,12-13H2,1-5H3;1H. The number of aromatic nitrogens is 1. The highest BCUT2D eigenvalue weighted by molar-refractivity contribution is 7.22. The number of hydrogen-bond donors (Lipinski definition) is 0. The number of thiazole rings is 1. The van der Waals surface area contributed by atoms with Crippen molar-refractivity contribution in [2.75, 3.05) is 31.1 Å². The molecule has 0 spiro atoms. The summed E-state index contributed by atoms with van der Waals surface area (Å²) < 4.78 is 1.12. The van der Waals surface area contributed by atoms with Crippen molar-refractivity contribution in [3.05, 3.63) is 58.7 Å². The van der Waals surface area contributed by atoms with Crippen LogP contribution in [0.15, 0.2) is 36.4 Å². The van der Waals surface area contributed by atoms with E-state index in [9.17, 15) is 4.79 Å². The molecule has 156 valence electrons. The number of nitrogens with zero attached hydrogens (tertiary/aromatic N) is 3. The van der Waals surface area contributed by atoms with E-state index in [4.69, 9.17) is 4.98 Å². The first-order chi connectivity index (χ1) is 13.4. The third-order valence-corrected chi connectivity index (χ3v) is 6.20. The first-order valence-corrected chi connectivity index (χ1v) is 10.7. The van der Waals surface area contributed by atoms with Crippen LogP contribution in [-0.2, 0) is 0 Å². The Hall–Kier alpha value is -1.95. The number of fused-ring (bicyclic) bond motifs is 1. The third kappa shape index (κ3) is 5.35. The van der Waals surface area contributed by atoms with Crippen LogP contribution in [0.5, 0.6) is 0 Å². The zero-order valence-electron chi connectivity index (χ0n) is 17.9. The molecule has 2 aromatic carbocycles. The minimum atomic E-state index is 0. The van der Waals surface area contributed by atoms with Gasteiger partial charge in [-0.25, -0.2) is 4.98 Å². The predicted octanol–water partition coefficient (Wildman–Crippen LogP) is 5.63. The molecule has 0 unspecified atom stereocenters. The Morgan fingerprint density at radius 2 is 1.62 bits per heavy atom. The summed E-state index contributed by atoms with van der Waals surface area (Å²) in [5.41, 5.74) is 5.08. The van der Waals surface area contributed by atoms with E-state index in [1.54, 1.807) is 11.3 Å². The molecule has 0 aliphatic carbocycles. The number of amides is 1. The van der Waals surface area contributed by atoms with Crippen molar-refractivity contribution in [1.29, 1.82) is 0 Å². The topological polar surface area (TPSA) is 36.4 Å². The average molecular weight is 432 g/mol. The smallest absolute Gasteiger partial charge is 0.260 e. The second-order valence-corrected chi connectivity index (χ2v) is 8.28. The Morgan fingerprint density at radius 1 is 0.966 bits per heavy atom. The van der Waals surface area contributed by atoms with E-state index in [-0.39, 0.29) is 18.3 Å². The minimum absolute atomic E-state index is 0. The van der Waals surface area contributed by atoms with Crippen LogP contribution < -0.4 is 4.90 Å². The Labute approximate surface area is 184 Å². The highest BCUT2D eigenvalue weighted by atomic mass is 35.5. The molecule has 29 heavy (non-hydrogen) atoms. The van der Waals surface area contributed by atoms with Gasteiger partial charge in [0, 0.05) is 18.7 Å². The first kappa shape index (κ1) is 23.3. The maximum absolute atomic E-state index is 13.5. The fourth-order valence-corrected chi connectivity index (χ4v) is 4.49. The van der Waals surface area contributed by atoms with Crippen LogP contribution >= 0.6 is 23.7 Å². The Balaban J connectivity index is 0.00000300. The molecule has 1 heterocycles.